The van der Waals surface area contributed by atoms with E-state index in [1.165, 1.54) is 0 Å². The van der Waals surface area contributed by atoms with Crippen LogP contribution in [0.5, 0.6) is 0 Å². The van der Waals surface area contributed by atoms with Crippen molar-refractivity contribution >= 4 is 6.41 Å². The minimum Gasteiger partial charge on any atom is -0.354 e. The zero-order chi connectivity index (χ0) is 8.27. The summed E-state index contributed by atoms with van der Waals surface area (Å²) in [5.74, 6) is 0. The fraction of sp³-hybridized carbons (Fsp3) is 0.875. The van der Waals surface area contributed by atoms with Crippen molar-refractivity contribution in [3.05, 3.63) is 0 Å². The van der Waals surface area contributed by atoms with Gasteiger partial charge in [-0.05, 0) is 26.7 Å². The smallest absolute Gasteiger partial charge is 0.207 e. The first kappa shape index (κ1) is 8.53. The Hall–Kier alpha value is -0.570. The lowest BCUT2D eigenvalue weighted by Crippen LogP contribution is -2.53. The average Bonchev–Trinajstić information content (AvgIpc) is 1.95. The highest BCUT2D eigenvalue weighted by Crippen LogP contribution is 2.12. The second-order valence-corrected chi connectivity index (χ2v) is 3.32. The van der Waals surface area contributed by atoms with Gasteiger partial charge in [-0.15, -0.1) is 0 Å². The standard InChI is InChI=1S/C8H16N2O/c1-6-3-4-8(9-5-11)7(2)10-6/h5-8,10H,3-4H2,1-2H3,(H,9,11). The number of amides is 1. The number of hydrogen-bond donors (Lipinski definition) is 2. The SMILES string of the molecule is CC1CCC(NC=O)C(C)N1. The summed E-state index contributed by atoms with van der Waals surface area (Å²) >= 11 is 0. The third kappa shape index (κ3) is 2.19. The molecule has 3 atom stereocenters. The van der Waals surface area contributed by atoms with E-state index in [1.807, 2.05) is 0 Å². The number of carbonyl (C=O) groups is 1. The van der Waals surface area contributed by atoms with Gasteiger partial charge in [0.25, 0.3) is 0 Å². The van der Waals surface area contributed by atoms with Crippen LogP contribution in [0.3, 0.4) is 0 Å². The third-order valence-corrected chi connectivity index (χ3v) is 2.34. The molecule has 2 N–H and O–H groups in total. The summed E-state index contributed by atoms with van der Waals surface area (Å²) < 4.78 is 0. The van der Waals surface area contributed by atoms with Gasteiger partial charge in [0.2, 0.25) is 6.41 Å². The fourth-order valence-electron chi connectivity index (χ4n) is 1.64. The van der Waals surface area contributed by atoms with Gasteiger partial charge in [0.05, 0.1) is 0 Å². The maximum Gasteiger partial charge on any atom is 0.207 e. The first-order valence-electron chi connectivity index (χ1n) is 4.19. The Balaban J connectivity index is 2.37. The predicted molar refractivity (Wildman–Crippen MR) is 44.3 cm³/mol. The van der Waals surface area contributed by atoms with E-state index in [4.69, 9.17) is 0 Å². The van der Waals surface area contributed by atoms with Gasteiger partial charge in [0.1, 0.15) is 0 Å². The summed E-state index contributed by atoms with van der Waals surface area (Å²) in [6, 6.07) is 1.32. The highest BCUT2D eigenvalue weighted by molar-refractivity contribution is 5.46. The lowest BCUT2D eigenvalue weighted by atomic mass is 9.96. The molecule has 0 aromatic rings. The Kier molecular flexibility index (Phi) is 2.88. The Bertz CT molecular complexity index is 138. The molecule has 0 spiro atoms. The average molecular weight is 156 g/mol. The van der Waals surface area contributed by atoms with Gasteiger partial charge >= 0.3 is 0 Å². The van der Waals surface area contributed by atoms with Gasteiger partial charge in [0, 0.05) is 18.1 Å². The van der Waals surface area contributed by atoms with E-state index in [-0.39, 0.29) is 0 Å². The van der Waals surface area contributed by atoms with Crippen LogP contribution in [-0.2, 0) is 4.79 Å². The molecule has 0 aromatic carbocycles. The summed E-state index contributed by atoms with van der Waals surface area (Å²) in [6.07, 6.45) is 3.03. The van der Waals surface area contributed by atoms with Crippen molar-refractivity contribution in [1.82, 2.24) is 10.6 Å². The molecule has 1 rings (SSSR count). The van der Waals surface area contributed by atoms with Gasteiger partial charge in [-0.2, -0.15) is 0 Å². The summed E-state index contributed by atoms with van der Waals surface area (Å²) in [5.41, 5.74) is 0. The molecule has 0 saturated carbocycles. The lowest BCUT2D eigenvalue weighted by molar-refractivity contribution is -0.110. The highest BCUT2D eigenvalue weighted by atomic mass is 16.1. The zero-order valence-corrected chi connectivity index (χ0v) is 7.13. The van der Waals surface area contributed by atoms with Gasteiger partial charge in [0.15, 0.2) is 0 Å². The molecule has 0 bridgehead atoms. The van der Waals surface area contributed by atoms with Crippen molar-refractivity contribution in [2.75, 3.05) is 0 Å². The molecule has 1 aliphatic heterocycles. The van der Waals surface area contributed by atoms with E-state index >= 15 is 0 Å². The Morgan fingerprint density at radius 1 is 1.45 bits per heavy atom. The monoisotopic (exact) mass is 156 g/mol. The lowest BCUT2D eigenvalue weighted by Gasteiger charge is -2.33. The van der Waals surface area contributed by atoms with E-state index < -0.39 is 0 Å². The van der Waals surface area contributed by atoms with Gasteiger partial charge in [-0.1, -0.05) is 0 Å². The number of carbonyl (C=O) groups excluding carboxylic acids is 1. The number of piperidine rings is 1. The van der Waals surface area contributed by atoms with Crippen LogP contribution in [0.4, 0.5) is 0 Å². The molecule has 64 valence electrons. The molecular weight excluding hydrogens is 140 g/mol. The quantitative estimate of drug-likeness (QED) is 0.563. The van der Waals surface area contributed by atoms with Crippen LogP contribution in [0.25, 0.3) is 0 Å². The molecule has 11 heavy (non-hydrogen) atoms. The topological polar surface area (TPSA) is 41.1 Å². The zero-order valence-electron chi connectivity index (χ0n) is 7.13. The van der Waals surface area contributed by atoms with Crippen LogP contribution in [-0.4, -0.2) is 24.5 Å². The van der Waals surface area contributed by atoms with E-state index in [9.17, 15) is 4.79 Å². The summed E-state index contributed by atoms with van der Waals surface area (Å²) in [7, 11) is 0. The van der Waals surface area contributed by atoms with Crippen LogP contribution in [0.15, 0.2) is 0 Å². The Labute approximate surface area is 67.5 Å². The molecule has 0 radical (unpaired) electrons. The predicted octanol–water partition coefficient (Wildman–Crippen LogP) is 0.261. The summed E-state index contributed by atoms with van der Waals surface area (Å²) in [5, 5.41) is 6.20. The van der Waals surface area contributed by atoms with Crippen molar-refractivity contribution < 1.29 is 4.79 Å². The van der Waals surface area contributed by atoms with Crippen LogP contribution < -0.4 is 10.6 Å². The first-order valence-corrected chi connectivity index (χ1v) is 4.19. The Morgan fingerprint density at radius 3 is 2.73 bits per heavy atom. The normalized spacial score (nSPS) is 38.2. The van der Waals surface area contributed by atoms with Crippen LogP contribution >= 0.6 is 0 Å². The molecule has 3 heteroatoms. The third-order valence-electron chi connectivity index (χ3n) is 2.34. The molecule has 1 saturated heterocycles. The largest absolute Gasteiger partial charge is 0.354 e. The molecule has 0 aliphatic carbocycles. The highest BCUT2D eigenvalue weighted by Gasteiger charge is 2.23. The van der Waals surface area contributed by atoms with Gasteiger partial charge in [-0.3, -0.25) is 4.79 Å². The van der Waals surface area contributed by atoms with E-state index in [1.54, 1.807) is 0 Å². The second kappa shape index (κ2) is 3.72. The molecule has 1 fully saturated rings. The van der Waals surface area contributed by atoms with Gasteiger partial charge in [-0.25, -0.2) is 0 Å². The van der Waals surface area contributed by atoms with Crippen molar-refractivity contribution in [3.8, 4) is 0 Å². The van der Waals surface area contributed by atoms with E-state index in [0.29, 0.717) is 18.1 Å². The number of nitrogens with one attached hydrogen (secondary N) is 2. The number of hydrogen-bond acceptors (Lipinski definition) is 2. The van der Waals surface area contributed by atoms with Crippen LogP contribution in [0.1, 0.15) is 26.7 Å². The summed E-state index contributed by atoms with van der Waals surface area (Å²) in [4.78, 5) is 10.2. The minimum atomic E-state index is 0.323. The fourth-order valence-corrected chi connectivity index (χ4v) is 1.64. The molecular formula is C8H16N2O. The van der Waals surface area contributed by atoms with Gasteiger partial charge < -0.3 is 10.6 Å². The van der Waals surface area contributed by atoms with E-state index in [2.05, 4.69) is 24.5 Å². The van der Waals surface area contributed by atoms with Crippen molar-refractivity contribution in [1.29, 1.82) is 0 Å². The molecule has 1 heterocycles. The number of rotatable bonds is 2. The minimum absolute atomic E-state index is 0.323. The summed E-state index contributed by atoms with van der Waals surface area (Å²) in [6.45, 7) is 4.28. The van der Waals surface area contributed by atoms with Crippen LogP contribution in [0, 0.1) is 0 Å². The van der Waals surface area contributed by atoms with Crippen molar-refractivity contribution in [2.24, 2.45) is 0 Å². The van der Waals surface area contributed by atoms with Crippen molar-refractivity contribution in [2.45, 2.75) is 44.8 Å². The second-order valence-electron chi connectivity index (χ2n) is 3.32. The van der Waals surface area contributed by atoms with Crippen LogP contribution in [0.2, 0.25) is 0 Å². The molecule has 3 unspecified atom stereocenters. The molecule has 1 aliphatic rings. The maximum absolute atomic E-state index is 10.2. The molecule has 0 aromatic heterocycles. The maximum atomic E-state index is 10.2. The first-order chi connectivity index (χ1) is 5.24. The molecule has 3 nitrogen and oxygen atoms in total. The van der Waals surface area contributed by atoms with E-state index in [0.717, 1.165) is 19.3 Å². The molecule has 1 amide bonds. The van der Waals surface area contributed by atoms with Crippen molar-refractivity contribution in [3.63, 3.8) is 0 Å². The Morgan fingerprint density at radius 2 is 2.18 bits per heavy atom.